The smallest absolute Gasteiger partial charge is 0.326 e. The molecule has 0 aliphatic heterocycles. The van der Waals surface area contributed by atoms with Gasteiger partial charge < -0.3 is 15.7 Å². The van der Waals surface area contributed by atoms with Crippen LogP contribution in [-0.4, -0.2) is 35.0 Å². The van der Waals surface area contributed by atoms with E-state index in [4.69, 9.17) is 5.26 Å². The molecule has 7 nitrogen and oxygen atoms in total. The second-order valence-electron chi connectivity index (χ2n) is 5.71. The van der Waals surface area contributed by atoms with E-state index in [-0.39, 0.29) is 18.4 Å². The highest BCUT2D eigenvalue weighted by Crippen LogP contribution is 2.11. The molecular formula is C17H20FN3O4. The van der Waals surface area contributed by atoms with Crippen molar-refractivity contribution in [2.75, 3.05) is 0 Å². The summed E-state index contributed by atoms with van der Waals surface area (Å²) >= 11 is 0. The number of halogens is 1. The van der Waals surface area contributed by atoms with E-state index in [1.165, 1.54) is 32.0 Å². The summed E-state index contributed by atoms with van der Waals surface area (Å²) in [4.78, 5) is 35.0. The van der Waals surface area contributed by atoms with E-state index in [2.05, 4.69) is 10.6 Å². The molecule has 3 N–H and O–H groups in total. The summed E-state index contributed by atoms with van der Waals surface area (Å²) in [6.45, 7) is 2.74. The fourth-order valence-electron chi connectivity index (χ4n) is 2.24. The Bertz CT molecular complexity index is 687. The zero-order chi connectivity index (χ0) is 19.0. The summed E-state index contributed by atoms with van der Waals surface area (Å²) in [5.74, 6) is -3.65. The van der Waals surface area contributed by atoms with Crippen LogP contribution in [0.15, 0.2) is 24.3 Å². The standard InChI is InChI=1S/C17H20FN3O4/c1-10(9-19)7-15(17(24)25)21-16(23)14(20-11(2)22)8-12-5-3-4-6-13(12)18/h3-6,10,14-15H,7-8H2,1-2H3,(H,20,22)(H,21,23)(H,24,25)/t10-,14+,15+/m0/s1. The zero-order valence-corrected chi connectivity index (χ0v) is 14.0. The van der Waals surface area contributed by atoms with E-state index in [1.807, 2.05) is 6.07 Å². The molecule has 0 unspecified atom stereocenters. The molecule has 0 aromatic heterocycles. The van der Waals surface area contributed by atoms with Crippen LogP contribution in [-0.2, 0) is 20.8 Å². The molecule has 25 heavy (non-hydrogen) atoms. The quantitative estimate of drug-likeness (QED) is 0.647. The minimum atomic E-state index is -1.29. The average molecular weight is 349 g/mol. The molecule has 1 rings (SSSR count). The number of hydrogen-bond acceptors (Lipinski definition) is 4. The molecule has 0 spiro atoms. The number of carbonyl (C=O) groups is 3. The van der Waals surface area contributed by atoms with Crippen molar-refractivity contribution in [1.82, 2.24) is 10.6 Å². The van der Waals surface area contributed by atoms with Crippen LogP contribution < -0.4 is 10.6 Å². The fraction of sp³-hybridized carbons (Fsp3) is 0.412. The Balaban J connectivity index is 2.92. The predicted molar refractivity (Wildman–Crippen MR) is 86.7 cm³/mol. The van der Waals surface area contributed by atoms with Gasteiger partial charge in [0.15, 0.2) is 0 Å². The molecule has 1 aromatic rings. The monoisotopic (exact) mass is 349 g/mol. The van der Waals surface area contributed by atoms with Crippen LogP contribution in [0.4, 0.5) is 4.39 Å². The number of nitrogens with one attached hydrogen (secondary N) is 2. The van der Waals surface area contributed by atoms with Gasteiger partial charge in [0.2, 0.25) is 11.8 Å². The molecule has 0 heterocycles. The minimum absolute atomic E-state index is 0.0793. The lowest BCUT2D eigenvalue weighted by Gasteiger charge is -2.21. The van der Waals surface area contributed by atoms with Gasteiger partial charge in [-0.25, -0.2) is 9.18 Å². The summed E-state index contributed by atoms with van der Waals surface area (Å²) in [6, 6.07) is 5.28. The molecule has 0 radical (unpaired) electrons. The number of carboxylic acids is 1. The summed E-state index contributed by atoms with van der Waals surface area (Å²) in [5.41, 5.74) is 0.216. The summed E-state index contributed by atoms with van der Waals surface area (Å²) < 4.78 is 13.8. The predicted octanol–water partition coefficient (Wildman–Crippen LogP) is 0.992. The molecule has 3 atom stereocenters. The zero-order valence-electron chi connectivity index (χ0n) is 14.0. The van der Waals surface area contributed by atoms with Gasteiger partial charge >= 0.3 is 5.97 Å². The van der Waals surface area contributed by atoms with Crippen molar-refractivity contribution in [2.24, 2.45) is 5.92 Å². The van der Waals surface area contributed by atoms with Crippen molar-refractivity contribution in [2.45, 2.75) is 38.8 Å². The number of nitrogens with zero attached hydrogens (tertiary/aromatic N) is 1. The fourth-order valence-corrected chi connectivity index (χ4v) is 2.24. The van der Waals surface area contributed by atoms with Crippen LogP contribution in [0.1, 0.15) is 25.8 Å². The minimum Gasteiger partial charge on any atom is -0.480 e. The summed E-state index contributed by atoms with van der Waals surface area (Å²) in [6.07, 6.45) is -0.206. The van der Waals surface area contributed by atoms with Crippen molar-refractivity contribution in [3.63, 3.8) is 0 Å². The number of aliphatic carboxylic acids is 1. The highest BCUT2D eigenvalue weighted by atomic mass is 19.1. The molecule has 0 bridgehead atoms. The van der Waals surface area contributed by atoms with Crippen molar-refractivity contribution < 1.29 is 23.9 Å². The van der Waals surface area contributed by atoms with Crippen LogP contribution >= 0.6 is 0 Å². The highest BCUT2D eigenvalue weighted by Gasteiger charge is 2.27. The first-order chi connectivity index (χ1) is 11.7. The lowest BCUT2D eigenvalue weighted by molar-refractivity contribution is -0.142. The molecular weight excluding hydrogens is 329 g/mol. The Labute approximate surface area is 144 Å². The molecule has 0 fully saturated rings. The van der Waals surface area contributed by atoms with E-state index in [1.54, 1.807) is 6.07 Å². The Hall–Kier alpha value is -2.95. The van der Waals surface area contributed by atoms with Gasteiger partial charge in [-0.3, -0.25) is 9.59 Å². The summed E-state index contributed by atoms with van der Waals surface area (Å²) in [5, 5.41) is 22.7. The van der Waals surface area contributed by atoms with Crippen molar-refractivity contribution in [3.05, 3.63) is 35.6 Å². The number of benzene rings is 1. The highest BCUT2D eigenvalue weighted by molar-refractivity contribution is 5.90. The molecule has 1 aromatic carbocycles. The third kappa shape index (κ3) is 6.59. The van der Waals surface area contributed by atoms with Gasteiger partial charge in [0.05, 0.1) is 6.07 Å². The molecule has 0 saturated heterocycles. The van der Waals surface area contributed by atoms with Crippen LogP contribution in [0, 0.1) is 23.1 Å². The number of carboxylic acid groups (broad SMARTS) is 1. The third-order valence-electron chi connectivity index (χ3n) is 3.50. The second-order valence-corrected chi connectivity index (χ2v) is 5.71. The maximum Gasteiger partial charge on any atom is 0.326 e. The lowest BCUT2D eigenvalue weighted by Crippen LogP contribution is -2.52. The summed E-state index contributed by atoms with van der Waals surface area (Å²) in [7, 11) is 0. The van der Waals surface area contributed by atoms with Crippen LogP contribution in [0.25, 0.3) is 0 Å². The van der Waals surface area contributed by atoms with Crippen LogP contribution in [0.3, 0.4) is 0 Å². The molecule has 0 aliphatic carbocycles. The maximum atomic E-state index is 13.8. The molecule has 0 aliphatic rings. The first kappa shape index (κ1) is 20.1. The largest absolute Gasteiger partial charge is 0.480 e. The Morgan fingerprint density at radius 3 is 2.40 bits per heavy atom. The van der Waals surface area contributed by atoms with Gasteiger partial charge in [-0.2, -0.15) is 5.26 Å². The van der Waals surface area contributed by atoms with Gasteiger partial charge in [-0.15, -0.1) is 0 Å². The average Bonchev–Trinajstić information content (AvgIpc) is 2.54. The number of amides is 2. The number of nitriles is 1. The first-order valence-electron chi connectivity index (χ1n) is 7.67. The van der Waals surface area contributed by atoms with Gasteiger partial charge in [0.25, 0.3) is 0 Å². The van der Waals surface area contributed by atoms with E-state index < -0.39 is 41.6 Å². The van der Waals surface area contributed by atoms with Gasteiger partial charge in [-0.1, -0.05) is 18.2 Å². The second kappa shape index (κ2) is 9.37. The molecule has 2 amide bonds. The molecule has 134 valence electrons. The number of rotatable bonds is 8. The Morgan fingerprint density at radius 2 is 1.88 bits per heavy atom. The lowest BCUT2D eigenvalue weighted by atomic mass is 10.0. The number of carbonyl (C=O) groups excluding carboxylic acids is 2. The molecule has 8 heteroatoms. The van der Waals surface area contributed by atoms with Gasteiger partial charge in [-0.05, 0) is 25.0 Å². The number of hydrogen-bond donors (Lipinski definition) is 3. The van der Waals surface area contributed by atoms with Crippen molar-refractivity contribution in [1.29, 1.82) is 5.26 Å². The van der Waals surface area contributed by atoms with Crippen molar-refractivity contribution >= 4 is 17.8 Å². The van der Waals surface area contributed by atoms with Gasteiger partial charge in [0.1, 0.15) is 17.9 Å². The van der Waals surface area contributed by atoms with Gasteiger partial charge in [0, 0.05) is 19.3 Å². The molecule has 0 saturated carbocycles. The third-order valence-corrected chi connectivity index (χ3v) is 3.50. The van der Waals surface area contributed by atoms with Crippen LogP contribution in [0.5, 0.6) is 0 Å². The first-order valence-corrected chi connectivity index (χ1v) is 7.67. The van der Waals surface area contributed by atoms with Crippen LogP contribution in [0.2, 0.25) is 0 Å². The van der Waals surface area contributed by atoms with Crippen molar-refractivity contribution in [3.8, 4) is 6.07 Å². The Kier molecular flexibility index (Phi) is 7.53. The SMILES string of the molecule is CC(=O)N[C@H](Cc1ccccc1F)C(=O)N[C@H](C[C@H](C)C#N)C(=O)O. The Morgan fingerprint density at radius 1 is 1.24 bits per heavy atom. The van der Waals surface area contributed by atoms with E-state index in [0.29, 0.717) is 0 Å². The topological polar surface area (TPSA) is 119 Å². The van der Waals surface area contributed by atoms with E-state index in [9.17, 15) is 23.9 Å². The normalized spacial score (nSPS) is 13.8. The van der Waals surface area contributed by atoms with E-state index in [0.717, 1.165) is 0 Å². The van der Waals surface area contributed by atoms with E-state index >= 15 is 0 Å². The maximum absolute atomic E-state index is 13.8.